The second-order valence-corrected chi connectivity index (χ2v) is 21.5. The van der Waals surface area contributed by atoms with Gasteiger partial charge in [0.05, 0.1) is 28.5 Å². The third-order valence-electron chi connectivity index (χ3n) is 17.2. The molecule has 1 aromatic heterocycles. The number of carboxylic acids is 1. The van der Waals surface area contributed by atoms with E-state index in [0.717, 1.165) is 68.9 Å². The number of halogens is 1. The summed E-state index contributed by atoms with van der Waals surface area (Å²) in [7, 11) is 0. The molecular formula is C44H65ClN4O6. The van der Waals surface area contributed by atoms with Crippen molar-refractivity contribution in [3.05, 3.63) is 34.4 Å². The van der Waals surface area contributed by atoms with Crippen molar-refractivity contribution in [3.63, 3.8) is 0 Å². The molecule has 0 radical (unpaired) electrons. The number of hydrogen-bond donors (Lipinski definition) is 4. The molecule has 1 aromatic rings. The van der Waals surface area contributed by atoms with Crippen molar-refractivity contribution in [2.75, 3.05) is 6.54 Å². The third-order valence-corrected chi connectivity index (χ3v) is 17.4. The molecule has 7 rings (SSSR count). The summed E-state index contributed by atoms with van der Waals surface area (Å²) in [6.45, 7) is 19.5. The zero-order chi connectivity index (χ0) is 40.4. The highest BCUT2D eigenvalue weighted by Crippen LogP contribution is 2.77. The van der Waals surface area contributed by atoms with Gasteiger partial charge >= 0.3 is 11.9 Å². The Balaban J connectivity index is 1.18. The van der Waals surface area contributed by atoms with Crippen LogP contribution in [-0.4, -0.2) is 62.2 Å². The Morgan fingerprint density at radius 1 is 0.982 bits per heavy atom. The number of aliphatic hydroxyl groups excluding tert-OH is 1. The van der Waals surface area contributed by atoms with Gasteiger partial charge in [0.25, 0.3) is 0 Å². The number of hydrogen-bond acceptors (Lipinski definition) is 9. The molecule has 6 aliphatic rings. The number of carbonyl (C=O) groups is 3. The molecule has 11 heteroatoms. The van der Waals surface area contributed by atoms with Crippen LogP contribution in [-0.2, 0) is 24.7 Å². The quantitative estimate of drug-likeness (QED) is 0.174. The normalized spacial score (nSPS) is 39.4. The number of fused-ring (bicyclic) bond motifs is 7. The lowest BCUT2D eigenvalue weighted by Crippen LogP contribution is -2.74. The number of aromatic nitrogens is 2. The Morgan fingerprint density at radius 2 is 1.62 bits per heavy atom. The lowest BCUT2D eigenvalue weighted by atomic mass is 9.31. The number of ketones is 1. The minimum atomic E-state index is -1.19. The standard InChI is InChI=1S/C44H65ClN4O6/c1-25(2)33-27(50)20-42(30(51)24-49-43(18-19-43)35-47-22-26(45)23-48-35)17-16-41(9)40(8)14-10-28-38(5,6)31(55-32(52)21-37(3,4)36(53)54)12-13-39(28,7)29(40)11-15-44(41,46)34(33)42/h22-23,25,28-31,49,51H,10-21,24,46H2,1-9H3,(H,53,54)/t28-,29+,30-,31-,39-,40+,41-,42?,44-/m0/s1. The average molecular weight is 781 g/mol. The number of Topliss-reactive ketones (excluding diaryl/α,β-unsaturated/α-hetero) is 1. The van der Waals surface area contributed by atoms with Gasteiger partial charge in [0.1, 0.15) is 11.9 Å². The van der Waals surface area contributed by atoms with E-state index in [0.29, 0.717) is 35.6 Å². The predicted octanol–water partition coefficient (Wildman–Crippen LogP) is 7.54. The Morgan fingerprint density at radius 3 is 2.22 bits per heavy atom. The fraction of sp³-hybridized carbons (Fsp3) is 0.795. The highest BCUT2D eigenvalue weighted by atomic mass is 35.5. The van der Waals surface area contributed by atoms with Gasteiger partial charge in [-0.05, 0) is 123 Å². The van der Waals surface area contributed by atoms with E-state index in [1.54, 1.807) is 26.2 Å². The molecule has 0 bridgehead atoms. The summed E-state index contributed by atoms with van der Waals surface area (Å²) >= 11 is 6.09. The first-order valence-corrected chi connectivity index (χ1v) is 21.2. The van der Waals surface area contributed by atoms with Gasteiger partial charge in [-0.15, -0.1) is 0 Å². The van der Waals surface area contributed by atoms with Crippen LogP contribution in [0.2, 0.25) is 5.02 Å². The fourth-order valence-corrected chi connectivity index (χ4v) is 13.8. The number of carbonyl (C=O) groups excluding carboxylic acids is 2. The molecule has 0 aromatic carbocycles. The largest absolute Gasteiger partial charge is 0.481 e. The zero-order valence-electron chi connectivity index (χ0n) is 34.6. The second-order valence-electron chi connectivity index (χ2n) is 21.0. The van der Waals surface area contributed by atoms with Crippen molar-refractivity contribution >= 4 is 29.3 Å². The highest BCUT2D eigenvalue weighted by Gasteiger charge is 2.74. The van der Waals surface area contributed by atoms with E-state index >= 15 is 0 Å². The third kappa shape index (κ3) is 5.83. The number of nitrogens with two attached hydrogens (primary N) is 1. The van der Waals surface area contributed by atoms with Gasteiger partial charge in [0, 0.05) is 41.7 Å². The average Bonchev–Trinajstić information content (AvgIpc) is 3.81. The van der Waals surface area contributed by atoms with Crippen LogP contribution < -0.4 is 11.1 Å². The van der Waals surface area contributed by atoms with Crippen molar-refractivity contribution in [2.24, 2.45) is 56.0 Å². The number of allylic oxidation sites excluding steroid dienone is 1. The van der Waals surface area contributed by atoms with E-state index in [1.807, 2.05) is 0 Å². The van der Waals surface area contributed by atoms with E-state index in [-0.39, 0.29) is 52.3 Å². The van der Waals surface area contributed by atoms with Gasteiger partial charge in [-0.2, -0.15) is 0 Å². The molecule has 6 aliphatic carbocycles. The second kappa shape index (κ2) is 13.1. The number of esters is 1. The van der Waals surface area contributed by atoms with Crippen molar-refractivity contribution < 1.29 is 29.3 Å². The molecule has 0 saturated heterocycles. The smallest absolute Gasteiger partial charge is 0.309 e. The molecule has 55 heavy (non-hydrogen) atoms. The van der Waals surface area contributed by atoms with E-state index in [4.69, 9.17) is 22.1 Å². The van der Waals surface area contributed by atoms with Crippen molar-refractivity contribution in [2.45, 2.75) is 163 Å². The summed E-state index contributed by atoms with van der Waals surface area (Å²) in [5.74, 6) is 0.0282. The van der Waals surface area contributed by atoms with Crippen LogP contribution in [0.25, 0.3) is 0 Å². The van der Waals surface area contributed by atoms with Crippen LogP contribution in [0, 0.1) is 50.2 Å². The maximum atomic E-state index is 14.2. The molecule has 5 fully saturated rings. The number of rotatable bonds is 10. The van der Waals surface area contributed by atoms with E-state index in [1.165, 1.54) is 0 Å². The summed E-state index contributed by atoms with van der Waals surface area (Å²) in [5, 5.41) is 26.2. The Hall–Kier alpha value is -2.40. The first-order valence-electron chi connectivity index (χ1n) is 20.9. The minimum Gasteiger partial charge on any atom is -0.481 e. The summed E-state index contributed by atoms with van der Waals surface area (Å²) in [6, 6.07) is 0. The molecule has 1 heterocycles. The fourth-order valence-electron chi connectivity index (χ4n) is 13.7. The van der Waals surface area contributed by atoms with E-state index in [9.17, 15) is 24.6 Å². The van der Waals surface area contributed by atoms with Crippen LogP contribution in [0.15, 0.2) is 23.5 Å². The van der Waals surface area contributed by atoms with Crippen LogP contribution in [0.4, 0.5) is 0 Å². The summed E-state index contributed by atoms with van der Waals surface area (Å²) < 4.78 is 6.17. The predicted molar refractivity (Wildman–Crippen MR) is 211 cm³/mol. The molecule has 5 saturated carbocycles. The Labute approximate surface area is 332 Å². The molecule has 10 nitrogen and oxygen atoms in total. The lowest BCUT2D eigenvalue weighted by molar-refractivity contribution is -0.238. The number of nitrogens with one attached hydrogen (secondary N) is 1. The monoisotopic (exact) mass is 780 g/mol. The summed E-state index contributed by atoms with van der Waals surface area (Å²) in [4.78, 5) is 48.1. The van der Waals surface area contributed by atoms with Gasteiger partial charge in [0.15, 0.2) is 5.78 Å². The van der Waals surface area contributed by atoms with Crippen molar-refractivity contribution in [1.29, 1.82) is 0 Å². The zero-order valence-corrected chi connectivity index (χ0v) is 35.4. The minimum absolute atomic E-state index is 0.0109. The molecule has 0 amide bonds. The van der Waals surface area contributed by atoms with Gasteiger partial charge in [0.2, 0.25) is 0 Å². The SMILES string of the molecule is CC(C)C1=C2C([C@@H](O)CNC3(c4ncc(Cl)cn4)CC3)(CC[C@]3(C)[C@]2(N)CC[C@@H]2[C@@]4(C)CC[C@H](OC(=O)CC(C)(C)C(=O)O)C(C)(C)[C@@H]4CC[C@]23C)CC1=O. The molecule has 5 N–H and O–H groups in total. The first kappa shape index (κ1) is 40.8. The number of aliphatic hydroxyl groups is 1. The molecular weight excluding hydrogens is 716 g/mol. The van der Waals surface area contributed by atoms with Crippen LogP contribution in [0.3, 0.4) is 0 Å². The maximum absolute atomic E-state index is 14.2. The van der Waals surface area contributed by atoms with Crippen LogP contribution in [0.1, 0.15) is 145 Å². The number of nitrogens with zero attached hydrogens (tertiary/aromatic N) is 2. The number of carboxylic acid groups (broad SMARTS) is 1. The molecule has 304 valence electrons. The Kier molecular flexibility index (Phi) is 9.68. The van der Waals surface area contributed by atoms with Gasteiger partial charge in [-0.3, -0.25) is 14.4 Å². The number of aliphatic carboxylic acids is 1. The maximum Gasteiger partial charge on any atom is 0.309 e. The number of ether oxygens (including phenoxy) is 1. The lowest BCUT2D eigenvalue weighted by Gasteiger charge is -2.74. The van der Waals surface area contributed by atoms with Crippen molar-refractivity contribution in [1.82, 2.24) is 15.3 Å². The van der Waals surface area contributed by atoms with E-state index < -0.39 is 40.0 Å². The summed E-state index contributed by atoms with van der Waals surface area (Å²) in [6.07, 6.45) is 10.8. The first-order chi connectivity index (χ1) is 25.4. The van der Waals surface area contributed by atoms with Crippen molar-refractivity contribution in [3.8, 4) is 0 Å². The molecule has 9 atom stereocenters. The molecule has 1 unspecified atom stereocenters. The summed E-state index contributed by atoms with van der Waals surface area (Å²) in [5.41, 5.74) is 6.04. The van der Waals surface area contributed by atoms with Gasteiger partial charge in [-0.1, -0.05) is 60.1 Å². The Bertz CT molecular complexity index is 1790. The molecule has 0 aliphatic heterocycles. The molecule has 0 spiro atoms. The topological polar surface area (TPSA) is 165 Å². The van der Waals surface area contributed by atoms with Gasteiger partial charge < -0.3 is 26.0 Å². The van der Waals surface area contributed by atoms with Crippen LogP contribution in [0.5, 0.6) is 0 Å². The highest BCUT2D eigenvalue weighted by molar-refractivity contribution is 6.30. The van der Waals surface area contributed by atoms with E-state index in [2.05, 4.69) is 63.8 Å². The van der Waals surface area contributed by atoms with Gasteiger partial charge in [-0.25, -0.2) is 9.97 Å². The van der Waals surface area contributed by atoms with Crippen LogP contribution >= 0.6 is 11.6 Å².